The molecule has 0 amide bonds. The lowest BCUT2D eigenvalue weighted by Crippen LogP contribution is -2.57. The third kappa shape index (κ3) is 7.23. The SMILES string of the molecule is CCCC(F)OC(=O)C1(c2cc(C#N)ccc2CN2CCNCC2C(=O)OC(C(F)(F)F)C(F)(F)F)CCCC1. The molecule has 0 spiro atoms. The maximum absolute atomic E-state index is 14.3. The molecule has 7 nitrogen and oxygen atoms in total. The van der Waals surface area contributed by atoms with Gasteiger partial charge in [0, 0.05) is 32.6 Å². The van der Waals surface area contributed by atoms with Gasteiger partial charge in [0.05, 0.1) is 17.0 Å². The molecule has 0 aromatic heterocycles. The molecule has 0 bridgehead atoms. The number of ether oxygens (including phenoxy) is 2. The van der Waals surface area contributed by atoms with Crippen LogP contribution in [0.15, 0.2) is 18.2 Å². The number of alkyl halides is 7. The van der Waals surface area contributed by atoms with Gasteiger partial charge in [0.1, 0.15) is 6.04 Å². The third-order valence-corrected chi connectivity index (χ3v) is 7.18. The number of halogens is 7. The first-order valence-corrected chi connectivity index (χ1v) is 12.9. The molecule has 222 valence electrons. The molecule has 1 aromatic carbocycles. The van der Waals surface area contributed by atoms with Crippen LogP contribution in [0.2, 0.25) is 0 Å². The first-order chi connectivity index (χ1) is 18.7. The monoisotopic (exact) mass is 581 g/mol. The minimum absolute atomic E-state index is 0.00563. The summed E-state index contributed by atoms with van der Waals surface area (Å²) < 4.78 is 101. The van der Waals surface area contributed by atoms with E-state index in [0.717, 1.165) is 0 Å². The maximum atomic E-state index is 14.3. The summed E-state index contributed by atoms with van der Waals surface area (Å²) in [7, 11) is 0. The highest BCUT2D eigenvalue weighted by atomic mass is 19.4. The smallest absolute Gasteiger partial charge is 0.434 e. The van der Waals surface area contributed by atoms with Gasteiger partial charge in [0.25, 0.3) is 6.10 Å². The summed E-state index contributed by atoms with van der Waals surface area (Å²) in [6.07, 6.45) is -15.6. The fourth-order valence-corrected chi connectivity index (χ4v) is 5.21. The van der Waals surface area contributed by atoms with Crippen LogP contribution in [0.5, 0.6) is 0 Å². The van der Waals surface area contributed by atoms with Gasteiger partial charge >= 0.3 is 24.3 Å². The molecule has 1 saturated heterocycles. The van der Waals surface area contributed by atoms with Crippen molar-refractivity contribution < 1.29 is 49.8 Å². The number of esters is 2. The first kappa shape index (κ1) is 31.6. The molecule has 2 aliphatic rings. The Bertz CT molecular complexity index is 1080. The Balaban J connectivity index is 1.95. The normalized spacial score (nSPS) is 20.6. The highest BCUT2D eigenvalue weighted by molar-refractivity contribution is 5.84. The van der Waals surface area contributed by atoms with E-state index in [1.807, 2.05) is 6.07 Å². The largest absolute Gasteiger partial charge is 0.442 e. The summed E-state index contributed by atoms with van der Waals surface area (Å²) in [4.78, 5) is 27.3. The summed E-state index contributed by atoms with van der Waals surface area (Å²) in [5, 5.41) is 12.3. The summed E-state index contributed by atoms with van der Waals surface area (Å²) in [5.41, 5.74) is -0.349. The van der Waals surface area contributed by atoms with E-state index in [1.165, 1.54) is 23.1 Å². The van der Waals surface area contributed by atoms with E-state index in [4.69, 9.17) is 4.74 Å². The van der Waals surface area contributed by atoms with Gasteiger partial charge in [-0.3, -0.25) is 14.5 Å². The molecule has 2 fully saturated rings. The van der Waals surface area contributed by atoms with Crippen LogP contribution >= 0.6 is 0 Å². The van der Waals surface area contributed by atoms with Crippen molar-refractivity contribution >= 4 is 11.9 Å². The molecule has 2 unspecified atom stereocenters. The molecule has 2 atom stereocenters. The van der Waals surface area contributed by atoms with Crippen LogP contribution in [0, 0.1) is 11.3 Å². The summed E-state index contributed by atoms with van der Waals surface area (Å²) in [5.74, 6) is -2.52. The average Bonchev–Trinajstić information content (AvgIpc) is 3.38. The van der Waals surface area contributed by atoms with Crippen LogP contribution in [-0.2, 0) is 31.0 Å². The second-order valence-corrected chi connectivity index (χ2v) is 9.97. The summed E-state index contributed by atoms with van der Waals surface area (Å²) in [6, 6.07) is 4.90. The van der Waals surface area contributed by atoms with Crippen LogP contribution in [0.25, 0.3) is 0 Å². The molecule has 1 heterocycles. The Morgan fingerprint density at radius 3 is 2.38 bits per heavy atom. The highest BCUT2D eigenvalue weighted by Gasteiger charge is 2.60. The lowest BCUT2D eigenvalue weighted by atomic mass is 9.75. The Labute approximate surface area is 226 Å². The Hall–Kier alpha value is -2.92. The molecule has 40 heavy (non-hydrogen) atoms. The molecule has 1 saturated carbocycles. The van der Waals surface area contributed by atoms with Gasteiger partial charge in [-0.05, 0) is 42.5 Å². The summed E-state index contributed by atoms with van der Waals surface area (Å²) >= 11 is 0. The second kappa shape index (κ2) is 12.7. The molecular weight excluding hydrogens is 551 g/mol. The van der Waals surface area contributed by atoms with E-state index in [1.54, 1.807) is 6.92 Å². The Kier molecular flexibility index (Phi) is 10.1. The molecule has 1 aliphatic heterocycles. The van der Waals surface area contributed by atoms with Gasteiger partial charge in [-0.25, -0.2) is 4.39 Å². The quantitative estimate of drug-likeness (QED) is 0.330. The minimum Gasteiger partial charge on any atom is -0.442 e. The van der Waals surface area contributed by atoms with Gasteiger partial charge in [0.2, 0.25) is 6.36 Å². The zero-order chi connectivity index (χ0) is 29.7. The standard InChI is InChI=1S/C26H30F7N3O4/c1-2-5-20(27)39-23(38)24(8-3-4-9-24)18-12-16(13-34)6-7-17(18)15-36-11-10-35-14-19(36)21(37)40-22(25(28,29)30)26(31,32)33/h6-7,12,19-20,22,35H,2-5,8-11,14-15H2,1H3. The van der Waals surface area contributed by atoms with E-state index in [-0.39, 0.29) is 38.2 Å². The van der Waals surface area contributed by atoms with Crippen LogP contribution in [0.3, 0.4) is 0 Å². The minimum atomic E-state index is -5.86. The number of hydrogen-bond donors (Lipinski definition) is 1. The Morgan fingerprint density at radius 1 is 1.15 bits per heavy atom. The highest BCUT2D eigenvalue weighted by Crippen LogP contribution is 2.45. The van der Waals surface area contributed by atoms with Gasteiger partial charge in [-0.15, -0.1) is 0 Å². The number of hydrogen-bond acceptors (Lipinski definition) is 7. The predicted octanol–water partition coefficient (Wildman–Crippen LogP) is 4.82. The lowest BCUT2D eigenvalue weighted by Gasteiger charge is -2.37. The number of rotatable bonds is 9. The summed E-state index contributed by atoms with van der Waals surface area (Å²) in [6.45, 7) is 1.61. The molecule has 3 rings (SSSR count). The van der Waals surface area contributed by atoms with Crippen LogP contribution < -0.4 is 5.32 Å². The maximum Gasteiger partial charge on any atom is 0.434 e. The van der Waals surface area contributed by atoms with Crippen LogP contribution in [0.4, 0.5) is 30.7 Å². The molecule has 1 aliphatic carbocycles. The number of nitrogens with one attached hydrogen (secondary N) is 1. The van der Waals surface area contributed by atoms with Gasteiger partial charge < -0.3 is 14.8 Å². The van der Waals surface area contributed by atoms with E-state index in [2.05, 4.69) is 10.1 Å². The average molecular weight is 582 g/mol. The van der Waals surface area contributed by atoms with Crippen molar-refractivity contribution in [2.75, 3.05) is 19.6 Å². The van der Waals surface area contributed by atoms with Crippen molar-refractivity contribution in [2.24, 2.45) is 0 Å². The number of carbonyl (C=O) groups is 2. The first-order valence-electron chi connectivity index (χ1n) is 12.9. The number of nitrogens with zero attached hydrogens (tertiary/aromatic N) is 2. The van der Waals surface area contributed by atoms with E-state index < -0.39 is 48.2 Å². The molecule has 14 heteroatoms. The molecule has 0 radical (unpaired) electrons. The van der Waals surface area contributed by atoms with Gasteiger partial charge in [0.15, 0.2) is 0 Å². The van der Waals surface area contributed by atoms with Crippen molar-refractivity contribution in [3.8, 4) is 6.07 Å². The van der Waals surface area contributed by atoms with Crippen LogP contribution in [0.1, 0.15) is 62.1 Å². The fraction of sp³-hybridized carbons (Fsp3) is 0.654. The van der Waals surface area contributed by atoms with E-state index in [0.29, 0.717) is 43.2 Å². The van der Waals surface area contributed by atoms with Crippen LogP contribution in [-0.4, -0.2) is 67.3 Å². The zero-order valence-corrected chi connectivity index (χ0v) is 21.7. The van der Waals surface area contributed by atoms with Crippen molar-refractivity contribution in [1.29, 1.82) is 5.26 Å². The molecule has 1 aromatic rings. The molecular formula is C26H30F7N3O4. The topological polar surface area (TPSA) is 91.7 Å². The lowest BCUT2D eigenvalue weighted by molar-refractivity contribution is -0.314. The van der Waals surface area contributed by atoms with Crippen molar-refractivity contribution in [3.05, 3.63) is 34.9 Å². The number of carbonyl (C=O) groups excluding carboxylic acids is 2. The van der Waals surface area contributed by atoms with E-state index in [9.17, 15) is 45.6 Å². The molecule has 1 N–H and O–H groups in total. The van der Waals surface area contributed by atoms with Crippen molar-refractivity contribution in [1.82, 2.24) is 10.2 Å². The van der Waals surface area contributed by atoms with Crippen molar-refractivity contribution in [3.63, 3.8) is 0 Å². The van der Waals surface area contributed by atoms with Gasteiger partial charge in [-0.1, -0.05) is 25.8 Å². The number of piperazine rings is 1. The van der Waals surface area contributed by atoms with Gasteiger partial charge in [-0.2, -0.15) is 31.6 Å². The predicted molar refractivity (Wildman–Crippen MR) is 126 cm³/mol. The fourth-order valence-electron chi connectivity index (χ4n) is 5.21. The second-order valence-electron chi connectivity index (χ2n) is 9.97. The zero-order valence-electron chi connectivity index (χ0n) is 21.7. The van der Waals surface area contributed by atoms with Crippen molar-refractivity contribution in [2.45, 2.75) is 88.3 Å². The number of benzene rings is 1. The Morgan fingerprint density at radius 2 is 1.80 bits per heavy atom. The number of nitriles is 1. The third-order valence-electron chi connectivity index (χ3n) is 7.18. The van der Waals surface area contributed by atoms with E-state index >= 15 is 0 Å².